The zero-order valence-corrected chi connectivity index (χ0v) is 17.2. The number of fused-ring (bicyclic) bond motifs is 1. The van der Waals surface area contributed by atoms with Crippen LogP contribution in [0.4, 0.5) is 5.82 Å². The van der Waals surface area contributed by atoms with Crippen LogP contribution in [0.5, 0.6) is 0 Å². The molecule has 3 aromatic rings. The number of thiazole rings is 1. The molecule has 1 aliphatic heterocycles. The summed E-state index contributed by atoms with van der Waals surface area (Å²) in [6.45, 7) is 4.12. The maximum absolute atomic E-state index is 12.4. The number of nitrogens with one attached hydrogen (secondary N) is 1. The van der Waals surface area contributed by atoms with Crippen molar-refractivity contribution in [3.63, 3.8) is 0 Å². The minimum Gasteiger partial charge on any atom is -0.352 e. The van der Waals surface area contributed by atoms with Crippen molar-refractivity contribution in [3.05, 3.63) is 68.0 Å². The predicted octanol–water partition coefficient (Wildman–Crippen LogP) is 3.50. The van der Waals surface area contributed by atoms with Gasteiger partial charge in [0.25, 0.3) is 5.91 Å². The van der Waals surface area contributed by atoms with E-state index < -0.39 is 0 Å². The Kier molecular flexibility index (Phi) is 5.18. The zero-order valence-electron chi connectivity index (χ0n) is 14.8. The molecule has 0 bridgehead atoms. The number of hydrogen-bond donors (Lipinski definition) is 1. The Morgan fingerprint density at radius 3 is 2.96 bits per heavy atom. The van der Waals surface area contributed by atoms with Gasteiger partial charge in [-0.25, -0.2) is 4.98 Å². The summed E-state index contributed by atoms with van der Waals surface area (Å²) in [6.07, 6.45) is 6.15. The fourth-order valence-corrected chi connectivity index (χ4v) is 4.11. The lowest BCUT2D eigenvalue weighted by Gasteiger charge is -2.30. The third-order valence-corrected chi connectivity index (χ3v) is 5.74. The van der Waals surface area contributed by atoms with Crippen LogP contribution < -0.4 is 10.2 Å². The molecular formula is C19H18BrN5OS. The standard InChI is InChI=1S/C19H18BrN5OS/c1-12-4-13(19(26)24-9-16-8-21-11-27-16)6-23-18(12)25-3-2-17-14(10-25)5-15(20)7-22-17/h4-8,11H,2-3,9-10H2,1H3,(H,24,26). The second-order valence-corrected chi connectivity index (χ2v) is 8.33. The summed E-state index contributed by atoms with van der Waals surface area (Å²) in [5, 5.41) is 2.91. The van der Waals surface area contributed by atoms with Gasteiger partial charge in [-0.3, -0.25) is 14.8 Å². The van der Waals surface area contributed by atoms with Crippen LogP contribution in [0.3, 0.4) is 0 Å². The number of rotatable bonds is 4. The van der Waals surface area contributed by atoms with Gasteiger partial charge in [0.05, 0.1) is 17.6 Å². The first-order valence-corrected chi connectivity index (χ1v) is 10.3. The molecule has 0 spiro atoms. The van der Waals surface area contributed by atoms with Crippen molar-refractivity contribution in [2.24, 2.45) is 0 Å². The molecule has 3 aromatic heterocycles. The highest BCUT2D eigenvalue weighted by atomic mass is 79.9. The SMILES string of the molecule is Cc1cc(C(=O)NCc2cncs2)cnc1N1CCc2ncc(Br)cc2C1. The molecule has 8 heteroatoms. The van der Waals surface area contributed by atoms with Gasteiger partial charge in [-0.15, -0.1) is 11.3 Å². The lowest BCUT2D eigenvalue weighted by molar-refractivity contribution is 0.0951. The van der Waals surface area contributed by atoms with Crippen molar-refractivity contribution in [1.82, 2.24) is 20.3 Å². The van der Waals surface area contributed by atoms with Gasteiger partial charge in [0, 0.05) is 53.1 Å². The van der Waals surface area contributed by atoms with Gasteiger partial charge in [0.2, 0.25) is 0 Å². The van der Waals surface area contributed by atoms with E-state index in [1.165, 1.54) is 16.9 Å². The largest absolute Gasteiger partial charge is 0.352 e. The van der Waals surface area contributed by atoms with E-state index in [-0.39, 0.29) is 5.91 Å². The van der Waals surface area contributed by atoms with Crippen molar-refractivity contribution < 1.29 is 4.79 Å². The van der Waals surface area contributed by atoms with Crippen LogP contribution in [0.25, 0.3) is 0 Å². The number of halogens is 1. The minimum absolute atomic E-state index is 0.123. The Labute approximate surface area is 169 Å². The van der Waals surface area contributed by atoms with E-state index in [0.717, 1.165) is 45.9 Å². The molecule has 1 N–H and O–H groups in total. The number of nitrogens with zero attached hydrogens (tertiary/aromatic N) is 4. The molecule has 1 amide bonds. The summed E-state index contributed by atoms with van der Waals surface area (Å²) >= 11 is 5.01. The number of pyridine rings is 2. The van der Waals surface area contributed by atoms with Crippen LogP contribution in [0.15, 0.2) is 40.7 Å². The normalized spacial score (nSPS) is 13.3. The van der Waals surface area contributed by atoms with Crippen molar-refractivity contribution >= 4 is 39.0 Å². The first-order valence-electron chi connectivity index (χ1n) is 8.60. The molecular weight excluding hydrogens is 426 g/mol. The first kappa shape index (κ1) is 18.1. The van der Waals surface area contributed by atoms with Gasteiger partial charge in [0.15, 0.2) is 0 Å². The van der Waals surface area contributed by atoms with Crippen molar-refractivity contribution in [2.45, 2.75) is 26.4 Å². The topological polar surface area (TPSA) is 71.0 Å². The molecule has 1 aliphatic rings. The minimum atomic E-state index is -0.123. The molecule has 0 fully saturated rings. The lowest BCUT2D eigenvalue weighted by Crippen LogP contribution is -2.32. The molecule has 0 aromatic carbocycles. The summed E-state index contributed by atoms with van der Waals surface area (Å²) < 4.78 is 0.987. The first-order chi connectivity index (χ1) is 13.1. The van der Waals surface area contributed by atoms with E-state index in [9.17, 15) is 4.79 Å². The molecule has 0 unspecified atom stereocenters. The van der Waals surface area contributed by atoms with Crippen LogP contribution in [0, 0.1) is 6.92 Å². The average molecular weight is 444 g/mol. The third-order valence-electron chi connectivity index (χ3n) is 4.53. The monoisotopic (exact) mass is 443 g/mol. The van der Waals surface area contributed by atoms with Crippen molar-refractivity contribution in [1.29, 1.82) is 0 Å². The number of carbonyl (C=O) groups is 1. The van der Waals surface area contributed by atoms with Gasteiger partial charge < -0.3 is 10.2 Å². The van der Waals surface area contributed by atoms with Gasteiger partial charge in [-0.05, 0) is 46.1 Å². The maximum Gasteiger partial charge on any atom is 0.253 e. The molecule has 138 valence electrons. The predicted molar refractivity (Wildman–Crippen MR) is 109 cm³/mol. The molecule has 0 saturated heterocycles. The molecule has 0 radical (unpaired) electrons. The molecule has 0 atom stereocenters. The molecule has 4 rings (SSSR count). The Morgan fingerprint density at radius 1 is 1.30 bits per heavy atom. The highest BCUT2D eigenvalue weighted by molar-refractivity contribution is 9.10. The fourth-order valence-electron chi connectivity index (χ4n) is 3.20. The summed E-state index contributed by atoms with van der Waals surface area (Å²) in [5.74, 6) is 0.794. The summed E-state index contributed by atoms with van der Waals surface area (Å²) in [6, 6.07) is 4.02. The molecule has 0 saturated carbocycles. The number of carbonyl (C=O) groups excluding carboxylic acids is 1. The van der Waals surface area contributed by atoms with Gasteiger partial charge in [-0.1, -0.05) is 0 Å². The number of hydrogen-bond acceptors (Lipinski definition) is 6. The van der Waals surface area contributed by atoms with Crippen LogP contribution >= 0.6 is 27.3 Å². The van der Waals surface area contributed by atoms with E-state index in [4.69, 9.17) is 0 Å². The molecule has 4 heterocycles. The summed E-state index contributed by atoms with van der Waals surface area (Å²) in [5.41, 5.74) is 5.68. The smallest absolute Gasteiger partial charge is 0.253 e. The van der Waals surface area contributed by atoms with Crippen molar-refractivity contribution in [3.8, 4) is 0 Å². The van der Waals surface area contributed by atoms with Gasteiger partial charge >= 0.3 is 0 Å². The summed E-state index contributed by atoms with van der Waals surface area (Å²) in [7, 11) is 0. The van der Waals surface area contributed by atoms with E-state index in [0.29, 0.717) is 12.1 Å². The third kappa shape index (κ3) is 4.01. The molecule has 27 heavy (non-hydrogen) atoms. The number of amides is 1. The Morgan fingerprint density at radius 2 is 2.19 bits per heavy atom. The van der Waals surface area contributed by atoms with Crippen LogP contribution in [0.1, 0.15) is 32.1 Å². The highest BCUT2D eigenvalue weighted by Crippen LogP contribution is 2.26. The van der Waals surface area contributed by atoms with Crippen molar-refractivity contribution in [2.75, 3.05) is 11.4 Å². The van der Waals surface area contributed by atoms with Crippen LogP contribution in [-0.2, 0) is 19.5 Å². The lowest BCUT2D eigenvalue weighted by atomic mass is 10.0. The number of anilines is 1. The molecule has 6 nitrogen and oxygen atoms in total. The van der Waals surface area contributed by atoms with E-state index >= 15 is 0 Å². The van der Waals surface area contributed by atoms with E-state index in [1.54, 1.807) is 17.9 Å². The van der Waals surface area contributed by atoms with E-state index in [1.807, 2.05) is 19.2 Å². The van der Waals surface area contributed by atoms with Crippen LogP contribution in [0.2, 0.25) is 0 Å². The maximum atomic E-state index is 12.4. The second kappa shape index (κ2) is 7.74. The van der Waals surface area contributed by atoms with Crippen LogP contribution in [-0.4, -0.2) is 27.4 Å². The zero-order chi connectivity index (χ0) is 18.8. The fraction of sp³-hybridized carbons (Fsp3) is 0.263. The van der Waals surface area contributed by atoms with E-state index in [2.05, 4.69) is 47.2 Å². The van der Waals surface area contributed by atoms with Gasteiger partial charge in [0.1, 0.15) is 5.82 Å². The molecule has 0 aliphatic carbocycles. The number of aromatic nitrogens is 3. The Bertz CT molecular complexity index is 976. The number of aryl methyl sites for hydroxylation is 1. The Balaban J connectivity index is 1.48. The van der Waals surface area contributed by atoms with Gasteiger partial charge in [-0.2, -0.15) is 0 Å². The summed E-state index contributed by atoms with van der Waals surface area (Å²) in [4.78, 5) is 28.8. The second-order valence-electron chi connectivity index (χ2n) is 6.45. The quantitative estimate of drug-likeness (QED) is 0.667. The Hall–Kier alpha value is -2.32. The highest BCUT2D eigenvalue weighted by Gasteiger charge is 2.21. The average Bonchev–Trinajstić information content (AvgIpc) is 3.19.